The van der Waals surface area contributed by atoms with Crippen molar-refractivity contribution in [3.8, 4) is 11.5 Å². The fourth-order valence-electron chi connectivity index (χ4n) is 4.62. The van der Waals surface area contributed by atoms with Crippen molar-refractivity contribution in [2.24, 2.45) is 17.6 Å². The van der Waals surface area contributed by atoms with E-state index in [1.807, 2.05) is 6.07 Å². The molecule has 0 aliphatic heterocycles. The van der Waals surface area contributed by atoms with Crippen molar-refractivity contribution in [3.05, 3.63) is 23.3 Å². The van der Waals surface area contributed by atoms with Gasteiger partial charge in [-0.15, -0.1) is 12.4 Å². The van der Waals surface area contributed by atoms with E-state index in [0.29, 0.717) is 5.92 Å². The average molecular weight is 340 g/mol. The zero-order valence-electron chi connectivity index (χ0n) is 14.3. The first-order valence-corrected chi connectivity index (χ1v) is 8.72. The molecule has 0 aromatic heterocycles. The van der Waals surface area contributed by atoms with Gasteiger partial charge >= 0.3 is 0 Å². The third-order valence-corrected chi connectivity index (χ3v) is 5.78. The fourth-order valence-corrected chi connectivity index (χ4v) is 4.62. The van der Waals surface area contributed by atoms with Gasteiger partial charge in [0.05, 0.1) is 14.2 Å². The quantitative estimate of drug-likeness (QED) is 0.888. The van der Waals surface area contributed by atoms with Gasteiger partial charge in [-0.3, -0.25) is 0 Å². The Balaban J connectivity index is 0.00000192. The highest BCUT2D eigenvalue weighted by atomic mass is 35.5. The van der Waals surface area contributed by atoms with Crippen molar-refractivity contribution in [2.45, 2.75) is 50.9 Å². The molecule has 130 valence electrons. The standard InChI is InChI=1S/C19H29NO2.ClH/c1-21-18-9-8-16-15(12-20)10-14(11-17(16)19(18)22-2)13-6-4-3-5-7-13;/h8-9,13-15H,3-7,10-12,20H2,1-2H3;1H. The normalized spacial score (nSPS) is 24.5. The number of ether oxygens (including phenoxy) is 2. The van der Waals surface area contributed by atoms with E-state index in [1.54, 1.807) is 14.2 Å². The van der Waals surface area contributed by atoms with E-state index in [0.717, 1.165) is 36.3 Å². The summed E-state index contributed by atoms with van der Waals surface area (Å²) < 4.78 is 11.2. The second-order valence-electron chi connectivity index (χ2n) is 6.90. The monoisotopic (exact) mass is 339 g/mol. The van der Waals surface area contributed by atoms with Gasteiger partial charge in [-0.25, -0.2) is 0 Å². The minimum absolute atomic E-state index is 0. The highest BCUT2D eigenvalue weighted by Crippen LogP contribution is 2.47. The van der Waals surface area contributed by atoms with Gasteiger partial charge in [0.1, 0.15) is 0 Å². The lowest BCUT2D eigenvalue weighted by Gasteiger charge is -2.38. The molecule has 0 bridgehead atoms. The van der Waals surface area contributed by atoms with E-state index >= 15 is 0 Å². The van der Waals surface area contributed by atoms with Gasteiger partial charge < -0.3 is 15.2 Å². The molecule has 23 heavy (non-hydrogen) atoms. The Kier molecular flexibility index (Phi) is 6.60. The van der Waals surface area contributed by atoms with Crippen LogP contribution in [0.3, 0.4) is 0 Å². The molecule has 0 radical (unpaired) electrons. The smallest absolute Gasteiger partial charge is 0.164 e. The molecule has 1 fully saturated rings. The van der Waals surface area contributed by atoms with Gasteiger partial charge in [-0.2, -0.15) is 0 Å². The van der Waals surface area contributed by atoms with Gasteiger partial charge in [-0.1, -0.05) is 38.2 Å². The van der Waals surface area contributed by atoms with Crippen LogP contribution in [-0.2, 0) is 6.42 Å². The molecule has 0 saturated heterocycles. The Morgan fingerprint density at radius 2 is 1.78 bits per heavy atom. The maximum Gasteiger partial charge on any atom is 0.164 e. The number of nitrogens with two attached hydrogens (primary N) is 1. The van der Waals surface area contributed by atoms with Crippen molar-refractivity contribution in [1.82, 2.24) is 0 Å². The molecule has 0 amide bonds. The summed E-state index contributed by atoms with van der Waals surface area (Å²) in [5.41, 5.74) is 8.83. The van der Waals surface area contributed by atoms with Crippen LogP contribution in [0, 0.1) is 11.8 Å². The van der Waals surface area contributed by atoms with E-state index in [-0.39, 0.29) is 12.4 Å². The van der Waals surface area contributed by atoms with Crippen LogP contribution in [0.5, 0.6) is 11.5 Å². The maximum atomic E-state index is 6.10. The minimum atomic E-state index is 0. The van der Waals surface area contributed by atoms with Crippen LogP contribution in [0.15, 0.2) is 12.1 Å². The van der Waals surface area contributed by atoms with Crippen LogP contribution in [0.4, 0.5) is 0 Å². The second kappa shape index (κ2) is 8.25. The summed E-state index contributed by atoms with van der Waals surface area (Å²) in [5.74, 6) is 3.87. The second-order valence-corrected chi connectivity index (χ2v) is 6.90. The highest BCUT2D eigenvalue weighted by Gasteiger charge is 2.34. The average Bonchev–Trinajstić information content (AvgIpc) is 2.60. The number of benzene rings is 1. The number of hydrogen-bond acceptors (Lipinski definition) is 3. The highest BCUT2D eigenvalue weighted by molar-refractivity contribution is 5.85. The lowest BCUT2D eigenvalue weighted by atomic mass is 9.68. The van der Waals surface area contributed by atoms with Crippen molar-refractivity contribution in [2.75, 3.05) is 20.8 Å². The third kappa shape index (κ3) is 3.61. The first-order valence-electron chi connectivity index (χ1n) is 8.72. The summed E-state index contributed by atoms with van der Waals surface area (Å²) in [6.07, 6.45) is 9.36. The Morgan fingerprint density at radius 1 is 1.04 bits per heavy atom. The number of fused-ring (bicyclic) bond motifs is 1. The van der Waals surface area contributed by atoms with Crippen LogP contribution >= 0.6 is 12.4 Å². The molecule has 1 saturated carbocycles. The minimum Gasteiger partial charge on any atom is -0.493 e. The first kappa shape index (κ1) is 18.4. The van der Waals surface area contributed by atoms with Gasteiger partial charge in [0.25, 0.3) is 0 Å². The number of methoxy groups -OCH3 is 2. The molecule has 2 atom stereocenters. The zero-order valence-corrected chi connectivity index (χ0v) is 15.2. The largest absolute Gasteiger partial charge is 0.493 e. The zero-order chi connectivity index (χ0) is 15.5. The molecule has 1 aromatic rings. The van der Waals surface area contributed by atoms with Crippen molar-refractivity contribution >= 4 is 12.4 Å². The van der Waals surface area contributed by atoms with Crippen LogP contribution in [0.2, 0.25) is 0 Å². The third-order valence-electron chi connectivity index (χ3n) is 5.78. The SMILES string of the molecule is COc1ccc2c(c1OC)CC(C1CCCCC1)CC2CN.Cl. The van der Waals surface area contributed by atoms with Gasteiger partial charge in [0, 0.05) is 5.56 Å². The summed E-state index contributed by atoms with van der Waals surface area (Å²) in [6, 6.07) is 4.23. The van der Waals surface area contributed by atoms with Crippen molar-refractivity contribution < 1.29 is 9.47 Å². The predicted molar refractivity (Wildman–Crippen MR) is 97.0 cm³/mol. The fraction of sp³-hybridized carbons (Fsp3) is 0.684. The van der Waals surface area contributed by atoms with E-state index in [2.05, 4.69) is 6.07 Å². The molecular formula is C19H30ClNO2. The van der Waals surface area contributed by atoms with Gasteiger partial charge in [-0.05, 0) is 48.8 Å². The first-order chi connectivity index (χ1) is 10.8. The summed E-state index contributed by atoms with van der Waals surface area (Å²) in [6.45, 7) is 0.728. The summed E-state index contributed by atoms with van der Waals surface area (Å²) in [5, 5.41) is 0. The molecule has 4 heteroatoms. The summed E-state index contributed by atoms with van der Waals surface area (Å²) in [7, 11) is 3.46. The molecule has 2 N–H and O–H groups in total. The van der Waals surface area contributed by atoms with Crippen LogP contribution in [0.1, 0.15) is 55.6 Å². The number of hydrogen-bond donors (Lipinski definition) is 1. The Labute approximate surface area is 146 Å². The molecule has 3 nitrogen and oxygen atoms in total. The Bertz CT molecular complexity index is 514. The Hall–Kier alpha value is -0.930. The molecule has 2 aliphatic rings. The molecule has 3 rings (SSSR count). The number of rotatable bonds is 4. The van der Waals surface area contributed by atoms with Crippen LogP contribution in [0.25, 0.3) is 0 Å². The Morgan fingerprint density at radius 3 is 2.39 bits per heavy atom. The van der Waals surface area contributed by atoms with Crippen molar-refractivity contribution in [1.29, 1.82) is 0 Å². The summed E-state index contributed by atoms with van der Waals surface area (Å²) >= 11 is 0. The molecule has 0 heterocycles. The van der Waals surface area contributed by atoms with Gasteiger partial charge in [0.2, 0.25) is 0 Å². The van der Waals surface area contributed by atoms with E-state index in [4.69, 9.17) is 15.2 Å². The van der Waals surface area contributed by atoms with Gasteiger partial charge in [0.15, 0.2) is 11.5 Å². The molecule has 2 unspecified atom stereocenters. The molecular weight excluding hydrogens is 310 g/mol. The summed E-state index contributed by atoms with van der Waals surface area (Å²) in [4.78, 5) is 0. The van der Waals surface area contributed by atoms with E-state index in [1.165, 1.54) is 49.7 Å². The predicted octanol–water partition coefficient (Wildman–Crippen LogP) is 4.31. The molecule has 1 aromatic carbocycles. The lowest BCUT2D eigenvalue weighted by molar-refractivity contribution is 0.212. The van der Waals surface area contributed by atoms with E-state index < -0.39 is 0 Å². The topological polar surface area (TPSA) is 44.5 Å². The maximum absolute atomic E-state index is 6.10. The molecule has 0 spiro atoms. The van der Waals surface area contributed by atoms with Crippen LogP contribution in [-0.4, -0.2) is 20.8 Å². The van der Waals surface area contributed by atoms with Crippen LogP contribution < -0.4 is 15.2 Å². The number of halogens is 1. The van der Waals surface area contributed by atoms with E-state index in [9.17, 15) is 0 Å². The van der Waals surface area contributed by atoms with Crippen molar-refractivity contribution in [3.63, 3.8) is 0 Å². The molecule has 2 aliphatic carbocycles. The lowest BCUT2D eigenvalue weighted by Crippen LogP contribution is -2.30.